The Morgan fingerprint density at radius 2 is 1.89 bits per heavy atom. The third-order valence-corrected chi connectivity index (χ3v) is 4.12. The Balaban J connectivity index is 2.17. The van der Waals surface area contributed by atoms with E-state index in [1.54, 1.807) is 12.4 Å². The average Bonchev–Trinajstić information content (AvgIpc) is 2.38. The molecule has 1 heterocycles. The maximum atomic E-state index is 7.60. The second kappa shape index (κ2) is 5.15. The van der Waals surface area contributed by atoms with Gasteiger partial charge in [0.2, 0.25) is 0 Å². The Morgan fingerprint density at radius 1 is 1.32 bits per heavy atom. The molecular weight excluding hydrogens is 238 g/mol. The lowest BCUT2D eigenvalue weighted by Crippen LogP contribution is -2.39. The molecule has 1 fully saturated rings. The Labute approximate surface area is 114 Å². The van der Waals surface area contributed by atoms with Gasteiger partial charge in [0.15, 0.2) is 5.82 Å². The summed E-state index contributed by atoms with van der Waals surface area (Å²) in [6.45, 7) is 4.65. The monoisotopic (exact) mass is 261 g/mol. The largest absolute Gasteiger partial charge is 0.382 e. The summed E-state index contributed by atoms with van der Waals surface area (Å²) in [6.07, 6.45) is 7.98. The number of nitrogens with one attached hydrogen (secondary N) is 1. The Kier molecular flexibility index (Phi) is 3.73. The molecule has 104 valence electrons. The zero-order chi connectivity index (χ0) is 14.0. The maximum absolute atomic E-state index is 7.60. The normalized spacial score (nSPS) is 19.1. The SMILES string of the molecule is CN(c1nccnc1C(=N)N)C1CCC(C)(C)CC1. The first kappa shape index (κ1) is 13.8. The minimum atomic E-state index is -0.0221. The minimum Gasteiger partial charge on any atom is -0.382 e. The highest BCUT2D eigenvalue weighted by atomic mass is 15.2. The first-order chi connectivity index (χ1) is 8.91. The van der Waals surface area contributed by atoms with Crippen LogP contribution in [0.1, 0.15) is 45.2 Å². The van der Waals surface area contributed by atoms with Crippen LogP contribution in [0.4, 0.5) is 5.82 Å². The van der Waals surface area contributed by atoms with Crippen LogP contribution in [0.25, 0.3) is 0 Å². The van der Waals surface area contributed by atoms with Crippen molar-refractivity contribution in [3.63, 3.8) is 0 Å². The molecule has 0 saturated heterocycles. The molecule has 1 aliphatic rings. The Hall–Kier alpha value is -1.65. The van der Waals surface area contributed by atoms with Gasteiger partial charge >= 0.3 is 0 Å². The van der Waals surface area contributed by atoms with Gasteiger partial charge in [-0.15, -0.1) is 0 Å². The fourth-order valence-electron chi connectivity index (χ4n) is 2.72. The van der Waals surface area contributed by atoms with Crippen LogP contribution >= 0.6 is 0 Å². The molecule has 0 amide bonds. The summed E-state index contributed by atoms with van der Waals surface area (Å²) in [7, 11) is 2.03. The van der Waals surface area contributed by atoms with Crippen LogP contribution in [0.15, 0.2) is 12.4 Å². The highest BCUT2D eigenvalue weighted by molar-refractivity contribution is 5.97. The molecule has 19 heavy (non-hydrogen) atoms. The molecule has 0 aliphatic heterocycles. The number of rotatable bonds is 3. The van der Waals surface area contributed by atoms with Crippen molar-refractivity contribution in [2.75, 3.05) is 11.9 Å². The molecule has 0 atom stereocenters. The highest BCUT2D eigenvalue weighted by Crippen LogP contribution is 2.37. The topological polar surface area (TPSA) is 78.9 Å². The molecule has 0 unspecified atom stereocenters. The van der Waals surface area contributed by atoms with E-state index in [1.165, 1.54) is 12.8 Å². The number of nitrogens with two attached hydrogens (primary N) is 1. The fraction of sp³-hybridized carbons (Fsp3) is 0.643. The zero-order valence-electron chi connectivity index (χ0n) is 12.0. The molecule has 5 heteroatoms. The summed E-state index contributed by atoms with van der Waals surface area (Å²) in [5.41, 5.74) is 6.51. The Morgan fingerprint density at radius 3 is 2.47 bits per heavy atom. The van der Waals surface area contributed by atoms with Gasteiger partial charge in [0.05, 0.1) is 0 Å². The van der Waals surface area contributed by atoms with Crippen molar-refractivity contribution >= 4 is 11.7 Å². The fourth-order valence-corrected chi connectivity index (χ4v) is 2.72. The van der Waals surface area contributed by atoms with Crippen LogP contribution < -0.4 is 10.6 Å². The van der Waals surface area contributed by atoms with Gasteiger partial charge in [-0.1, -0.05) is 13.8 Å². The molecule has 1 saturated carbocycles. The molecule has 0 radical (unpaired) electrons. The van der Waals surface area contributed by atoms with E-state index < -0.39 is 0 Å². The van der Waals surface area contributed by atoms with E-state index in [1.807, 2.05) is 7.05 Å². The van der Waals surface area contributed by atoms with E-state index in [0.717, 1.165) is 18.7 Å². The van der Waals surface area contributed by atoms with Gasteiger partial charge in [0, 0.05) is 25.5 Å². The lowest BCUT2D eigenvalue weighted by Gasteiger charge is -2.39. The van der Waals surface area contributed by atoms with E-state index in [-0.39, 0.29) is 5.84 Å². The molecule has 3 N–H and O–H groups in total. The summed E-state index contributed by atoms with van der Waals surface area (Å²) < 4.78 is 0. The Bertz CT molecular complexity index is 459. The predicted molar refractivity (Wildman–Crippen MR) is 77.5 cm³/mol. The standard InChI is InChI=1S/C14H23N5/c1-14(2)6-4-10(5-7-14)19(3)13-11(12(15)16)17-8-9-18-13/h8-10H,4-7H2,1-3H3,(H3,15,16). The predicted octanol–water partition coefficient (Wildman–Crippen LogP) is 2.17. The summed E-state index contributed by atoms with van der Waals surface area (Å²) >= 11 is 0. The molecule has 0 spiro atoms. The number of aromatic nitrogens is 2. The van der Waals surface area contributed by atoms with Gasteiger partial charge in [-0.3, -0.25) is 5.41 Å². The summed E-state index contributed by atoms with van der Waals surface area (Å²) in [5.74, 6) is 0.700. The second-order valence-corrected chi connectivity index (χ2v) is 6.15. The molecular formula is C14H23N5. The molecule has 1 aromatic rings. The van der Waals surface area contributed by atoms with Crippen LogP contribution in [0.3, 0.4) is 0 Å². The quantitative estimate of drug-likeness (QED) is 0.645. The summed E-state index contributed by atoms with van der Waals surface area (Å²) in [6, 6.07) is 0.461. The second-order valence-electron chi connectivity index (χ2n) is 6.15. The van der Waals surface area contributed by atoms with Gasteiger partial charge in [0.1, 0.15) is 11.5 Å². The van der Waals surface area contributed by atoms with Gasteiger partial charge < -0.3 is 10.6 Å². The first-order valence-electron chi connectivity index (χ1n) is 6.79. The smallest absolute Gasteiger partial charge is 0.158 e. The number of hydrogen-bond acceptors (Lipinski definition) is 4. The van der Waals surface area contributed by atoms with Gasteiger partial charge in [0.25, 0.3) is 0 Å². The van der Waals surface area contributed by atoms with E-state index in [0.29, 0.717) is 17.2 Å². The van der Waals surface area contributed by atoms with Gasteiger partial charge in [-0.25, -0.2) is 9.97 Å². The van der Waals surface area contributed by atoms with Crippen molar-refractivity contribution in [1.29, 1.82) is 5.41 Å². The number of nitrogens with zero attached hydrogens (tertiary/aromatic N) is 3. The van der Waals surface area contributed by atoms with E-state index in [2.05, 4.69) is 28.7 Å². The van der Waals surface area contributed by atoms with Crippen molar-refractivity contribution < 1.29 is 0 Å². The average molecular weight is 261 g/mol. The minimum absolute atomic E-state index is 0.0221. The van der Waals surface area contributed by atoms with Crippen LogP contribution in [0.5, 0.6) is 0 Å². The van der Waals surface area contributed by atoms with Gasteiger partial charge in [-0.2, -0.15) is 0 Å². The number of amidine groups is 1. The van der Waals surface area contributed by atoms with E-state index >= 15 is 0 Å². The molecule has 1 aliphatic carbocycles. The molecule has 5 nitrogen and oxygen atoms in total. The third-order valence-electron chi connectivity index (χ3n) is 4.12. The molecule has 0 bridgehead atoms. The van der Waals surface area contributed by atoms with Crippen LogP contribution in [-0.4, -0.2) is 28.9 Å². The first-order valence-corrected chi connectivity index (χ1v) is 6.79. The molecule has 2 rings (SSSR count). The summed E-state index contributed by atoms with van der Waals surface area (Å²) in [4.78, 5) is 10.7. The zero-order valence-corrected chi connectivity index (χ0v) is 12.0. The molecule has 0 aromatic carbocycles. The van der Waals surface area contributed by atoms with Crippen molar-refractivity contribution in [2.45, 2.75) is 45.6 Å². The number of anilines is 1. The van der Waals surface area contributed by atoms with Crippen molar-refractivity contribution in [3.8, 4) is 0 Å². The van der Waals surface area contributed by atoms with Crippen molar-refractivity contribution in [2.24, 2.45) is 11.1 Å². The van der Waals surface area contributed by atoms with Crippen LogP contribution in [0, 0.1) is 10.8 Å². The van der Waals surface area contributed by atoms with Crippen molar-refractivity contribution in [1.82, 2.24) is 9.97 Å². The number of hydrogen-bond donors (Lipinski definition) is 2. The lowest BCUT2D eigenvalue weighted by atomic mass is 9.75. The molecule has 1 aromatic heterocycles. The van der Waals surface area contributed by atoms with E-state index in [9.17, 15) is 0 Å². The van der Waals surface area contributed by atoms with E-state index in [4.69, 9.17) is 11.1 Å². The maximum Gasteiger partial charge on any atom is 0.158 e. The van der Waals surface area contributed by atoms with Crippen LogP contribution in [0.2, 0.25) is 0 Å². The third kappa shape index (κ3) is 3.03. The summed E-state index contributed by atoms with van der Waals surface area (Å²) in [5, 5.41) is 7.60. The lowest BCUT2D eigenvalue weighted by molar-refractivity contribution is 0.222. The van der Waals surface area contributed by atoms with Crippen LogP contribution in [-0.2, 0) is 0 Å². The highest BCUT2D eigenvalue weighted by Gasteiger charge is 2.30. The van der Waals surface area contributed by atoms with Gasteiger partial charge in [-0.05, 0) is 31.1 Å². The van der Waals surface area contributed by atoms with Crippen molar-refractivity contribution in [3.05, 3.63) is 18.1 Å². The number of nitrogen functional groups attached to an aromatic ring is 1.